The highest BCUT2D eigenvalue weighted by molar-refractivity contribution is 6.31. The van der Waals surface area contributed by atoms with Gasteiger partial charge in [-0.3, -0.25) is 4.79 Å². The lowest BCUT2D eigenvalue weighted by atomic mass is 10.2. The van der Waals surface area contributed by atoms with E-state index in [2.05, 4.69) is 5.32 Å². The minimum atomic E-state index is -1.18. The summed E-state index contributed by atoms with van der Waals surface area (Å²) in [4.78, 5) is 22.7. The van der Waals surface area contributed by atoms with Crippen molar-refractivity contribution >= 4 is 23.5 Å². The minimum Gasteiger partial charge on any atom is -0.483 e. The molecule has 0 bridgehead atoms. The number of benzene rings is 1. The summed E-state index contributed by atoms with van der Waals surface area (Å²) >= 11 is 5.72. The molecule has 0 atom stereocenters. The fraction of sp³-hybridized carbons (Fsp3) is 0.143. The first-order valence-electron chi connectivity index (χ1n) is 6.01. The third kappa shape index (κ3) is 4.25. The van der Waals surface area contributed by atoms with Gasteiger partial charge >= 0.3 is 5.97 Å². The first kappa shape index (κ1) is 14.9. The number of hydrogen-bond donors (Lipinski definition) is 2. The number of nitrogens with one attached hydrogen (secondary N) is 1. The summed E-state index contributed by atoms with van der Waals surface area (Å²) in [5.74, 6) is -0.873. The number of carboxylic acid groups (broad SMARTS) is 1. The lowest BCUT2D eigenvalue weighted by Gasteiger charge is -2.09. The smallest absolute Gasteiger partial charge is 0.339 e. The molecule has 2 aromatic rings. The number of hydrogen-bond acceptors (Lipinski definition) is 4. The van der Waals surface area contributed by atoms with E-state index in [0.29, 0.717) is 5.76 Å². The van der Waals surface area contributed by atoms with Crippen LogP contribution in [0.4, 0.5) is 0 Å². The van der Waals surface area contributed by atoms with Crippen LogP contribution < -0.4 is 10.1 Å². The van der Waals surface area contributed by atoms with Gasteiger partial charge in [-0.2, -0.15) is 0 Å². The van der Waals surface area contributed by atoms with Gasteiger partial charge in [0.25, 0.3) is 5.91 Å². The fourth-order valence-corrected chi connectivity index (χ4v) is 1.76. The summed E-state index contributed by atoms with van der Waals surface area (Å²) < 4.78 is 10.3. The van der Waals surface area contributed by atoms with E-state index < -0.39 is 11.9 Å². The molecule has 1 aromatic carbocycles. The number of amides is 1. The number of aromatic carboxylic acids is 1. The Labute approximate surface area is 125 Å². The van der Waals surface area contributed by atoms with Crippen LogP contribution in [0, 0.1) is 0 Å². The molecule has 0 aliphatic carbocycles. The zero-order valence-corrected chi connectivity index (χ0v) is 11.6. The summed E-state index contributed by atoms with van der Waals surface area (Å²) in [6.45, 7) is -0.0653. The molecule has 21 heavy (non-hydrogen) atoms. The standard InChI is InChI=1S/C14H12ClNO5/c15-9-3-4-12(11(6-9)14(18)19)21-8-13(17)16-7-10-2-1-5-20-10/h1-6H,7-8H2,(H,16,17)(H,18,19). The van der Waals surface area contributed by atoms with Crippen molar-refractivity contribution in [3.63, 3.8) is 0 Å². The van der Waals surface area contributed by atoms with E-state index in [9.17, 15) is 9.59 Å². The molecule has 0 aliphatic rings. The van der Waals surface area contributed by atoms with E-state index in [1.54, 1.807) is 12.1 Å². The van der Waals surface area contributed by atoms with Gasteiger partial charge in [0.05, 0.1) is 12.8 Å². The van der Waals surface area contributed by atoms with Crippen molar-refractivity contribution in [2.75, 3.05) is 6.61 Å². The fourth-order valence-electron chi connectivity index (χ4n) is 1.59. The Morgan fingerprint density at radius 1 is 1.33 bits per heavy atom. The Bertz CT molecular complexity index is 639. The van der Waals surface area contributed by atoms with Gasteiger partial charge in [0, 0.05) is 5.02 Å². The Balaban J connectivity index is 1.90. The van der Waals surface area contributed by atoms with Crippen molar-refractivity contribution in [3.05, 3.63) is 52.9 Å². The molecular formula is C14H12ClNO5. The number of halogens is 1. The van der Waals surface area contributed by atoms with Crippen molar-refractivity contribution in [1.29, 1.82) is 0 Å². The number of carbonyl (C=O) groups is 2. The molecule has 0 saturated carbocycles. The summed E-state index contributed by atoms with van der Waals surface area (Å²) in [6.07, 6.45) is 1.50. The average molecular weight is 310 g/mol. The zero-order valence-electron chi connectivity index (χ0n) is 10.8. The number of carboxylic acids is 1. The van der Waals surface area contributed by atoms with Crippen LogP contribution in [0.2, 0.25) is 5.02 Å². The monoisotopic (exact) mass is 309 g/mol. The lowest BCUT2D eigenvalue weighted by molar-refractivity contribution is -0.123. The lowest BCUT2D eigenvalue weighted by Crippen LogP contribution is -2.28. The van der Waals surface area contributed by atoms with Crippen molar-refractivity contribution in [2.24, 2.45) is 0 Å². The van der Waals surface area contributed by atoms with Crippen molar-refractivity contribution in [3.8, 4) is 5.75 Å². The van der Waals surface area contributed by atoms with Gasteiger partial charge in [-0.15, -0.1) is 0 Å². The largest absolute Gasteiger partial charge is 0.483 e. The summed E-state index contributed by atoms with van der Waals surface area (Å²) in [5.41, 5.74) is -0.0960. The maximum atomic E-state index is 11.6. The molecule has 2 N–H and O–H groups in total. The molecular weight excluding hydrogens is 298 g/mol. The molecule has 6 nitrogen and oxygen atoms in total. The third-order valence-corrected chi connectivity index (χ3v) is 2.81. The predicted octanol–water partition coefficient (Wildman–Crippen LogP) is 2.33. The Hall–Kier alpha value is -2.47. The van der Waals surface area contributed by atoms with Crippen LogP contribution in [-0.2, 0) is 11.3 Å². The number of ether oxygens (including phenoxy) is 1. The van der Waals surface area contributed by atoms with Crippen LogP contribution >= 0.6 is 11.6 Å². The van der Waals surface area contributed by atoms with E-state index in [-0.39, 0.29) is 29.5 Å². The number of rotatable bonds is 6. The topological polar surface area (TPSA) is 88.8 Å². The van der Waals surface area contributed by atoms with Gasteiger partial charge in [0.15, 0.2) is 6.61 Å². The average Bonchev–Trinajstić information content (AvgIpc) is 2.97. The highest BCUT2D eigenvalue weighted by atomic mass is 35.5. The van der Waals surface area contributed by atoms with Crippen LogP contribution in [0.3, 0.4) is 0 Å². The van der Waals surface area contributed by atoms with Gasteiger partial charge in [-0.25, -0.2) is 4.79 Å². The van der Waals surface area contributed by atoms with E-state index >= 15 is 0 Å². The molecule has 0 radical (unpaired) electrons. The molecule has 1 aromatic heterocycles. The Morgan fingerprint density at radius 3 is 2.81 bits per heavy atom. The van der Waals surface area contributed by atoms with E-state index in [1.165, 1.54) is 24.5 Å². The van der Waals surface area contributed by atoms with Crippen LogP contribution in [0.5, 0.6) is 5.75 Å². The van der Waals surface area contributed by atoms with Crippen LogP contribution in [0.1, 0.15) is 16.1 Å². The van der Waals surface area contributed by atoms with Gasteiger partial charge < -0.3 is 19.6 Å². The molecule has 0 saturated heterocycles. The molecule has 110 valence electrons. The number of furan rings is 1. The molecule has 0 fully saturated rings. The highest BCUT2D eigenvalue weighted by Gasteiger charge is 2.13. The van der Waals surface area contributed by atoms with Gasteiger partial charge in [0.1, 0.15) is 17.1 Å². The number of carbonyl (C=O) groups excluding carboxylic acids is 1. The van der Waals surface area contributed by atoms with E-state index in [1.807, 2.05) is 0 Å². The molecule has 2 rings (SSSR count). The summed E-state index contributed by atoms with van der Waals surface area (Å²) in [5, 5.41) is 11.9. The van der Waals surface area contributed by atoms with Crippen LogP contribution in [-0.4, -0.2) is 23.6 Å². The molecule has 0 aliphatic heterocycles. The minimum absolute atomic E-state index is 0.0834. The summed E-state index contributed by atoms with van der Waals surface area (Å²) in [7, 11) is 0. The Kier molecular flexibility index (Phi) is 4.84. The zero-order chi connectivity index (χ0) is 15.2. The van der Waals surface area contributed by atoms with Gasteiger partial charge in [0.2, 0.25) is 0 Å². The quantitative estimate of drug-likeness (QED) is 0.855. The van der Waals surface area contributed by atoms with Gasteiger partial charge in [-0.05, 0) is 30.3 Å². The second-order valence-corrected chi connectivity index (χ2v) is 4.53. The van der Waals surface area contributed by atoms with Crippen molar-refractivity contribution in [2.45, 2.75) is 6.54 Å². The maximum Gasteiger partial charge on any atom is 0.339 e. The molecule has 0 spiro atoms. The van der Waals surface area contributed by atoms with E-state index in [0.717, 1.165) is 0 Å². The molecule has 0 unspecified atom stereocenters. The van der Waals surface area contributed by atoms with E-state index in [4.69, 9.17) is 25.9 Å². The van der Waals surface area contributed by atoms with Crippen LogP contribution in [0.25, 0.3) is 0 Å². The molecule has 7 heteroatoms. The maximum absolute atomic E-state index is 11.6. The van der Waals surface area contributed by atoms with Gasteiger partial charge in [-0.1, -0.05) is 11.6 Å². The first-order valence-corrected chi connectivity index (χ1v) is 6.39. The molecule has 1 amide bonds. The predicted molar refractivity (Wildman–Crippen MR) is 74.5 cm³/mol. The second kappa shape index (κ2) is 6.81. The molecule has 1 heterocycles. The summed E-state index contributed by atoms with van der Waals surface area (Å²) in [6, 6.07) is 7.60. The third-order valence-electron chi connectivity index (χ3n) is 2.57. The first-order chi connectivity index (χ1) is 10.1. The highest BCUT2D eigenvalue weighted by Crippen LogP contribution is 2.22. The van der Waals surface area contributed by atoms with Crippen LogP contribution in [0.15, 0.2) is 41.0 Å². The van der Waals surface area contributed by atoms with Crippen molar-refractivity contribution in [1.82, 2.24) is 5.32 Å². The Morgan fingerprint density at radius 2 is 2.14 bits per heavy atom. The second-order valence-electron chi connectivity index (χ2n) is 4.09. The SMILES string of the molecule is O=C(COc1ccc(Cl)cc1C(=O)O)NCc1ccco1. The normalized spacial score (nSPS) is 10.1. The van der Waals surface area contributed by atoms with Crippen molar-refractivity contribution < 1.29 is 23.8 Å².